The highest BCUT2D eigenvalue weighted by Crippen LogP contribution is 2.39. The monoisotopic (exact) mass is 433 g/mol. The smallest absolute Gasteiger partial charge is 0.268 e. The van der Waals surface area contributed by atoms with Crippen molar-refractivity contribution in [2.24, 2.45) is 5.73 Å². The predicted octanol–water partition coefficient (Wildman–Crippen LogP) is 4.69. The van der Waals surface area contributed by atoms with E-state index in [1.54, 1.807) is 6.92 Å². The van der Waals surface area contributed by atoms with E-state index < -0.39 is 23.4 Å². The van der Waals surface area contributed by atoms with Crippen molar-refractivity contribution in [3.05, 3.63) is 56.4 Å². The molecule has 0 atom stereocenters. The van der Waals surface area contributed by atoms with Crippen LogP contribution < -0.4 is 11.1 Å². The molecular weight excluding hydrogens is 416 g/mol. The van der Waals surface area contributed by atoms with E-state index in [1.807, 2.05) is 0 Å². The summed E-state index contributed by atoms with van der Waals surface area (Å²) in [5.74, 6) is -2.54. The van der Waals surface area contributed by atoms with Crippen molar-refractivity contribution in [3.63, 3.8) is 0 Å². The number of anilines is 1. The van der Waals surface area contributed by atoms with Crippen molar-refractivity contribution in [1.29, 1.82) is 0 Å². The van der Waals surface area contributed by atoms with Gasteiger partial charge >= 0.3 is 0 Å². The molecule has 29 heavy (non-hydrogen) atoms. The normalized spacial score (nSPS) is 13.2. The Morgan fingerprint density at radius 2 is 1.83 bits per heavy atom. The SMILES string of the molecule is Cc1nc(-c2c(F)cccc2F)sc1C(=O)Nc1sc2c(c1C(N)=O)CCCC2. The summed E-state index contributed by atoms with van der Waals surface area (Å²) in [5, 5.41) is 3.27. The number of halogens is 2. The number of thiophene rings is 1. The lowest BCUT2D eigenvalue weighted by Crippen LogP contribution is -2.18. The molecule has 2 heterocycles. The van der Waals surface area contributed by atoms with Crippen LogP contribution in [0.25, 0.3) is 10.6 Å². The van der Waals surface area contributed by atoms with Crippen molar-refractivity contribution in [2.45, 2.75) is 32.6 Å². The minimum Gasteiger partial charge on any atom is -0.365 e. The van der Waals surface area contributed by atoms with Gasteiger partial charge in [0.05, 0.1) is 16.8 Å². The Hall–Kier alpha value is -2.65. The predicted molar refractivity (Wildman–Crippen MR) is 110 cm³/mol. The second kappa shape index (κ2) is 7.64. The van der Waals surface area contributed by atoms with E-state index in [4.69, 9.17) is 5.73 Å². The number of amides is 2. The van der Waals surface area contributed by atoms with Crippen molar-refractivity contribution >= 4 is 39.5 Å². The molecule has 0 spiro atoms. The largest absolute Gasteiger partial charge is 0.365 e. The molecule has 0 saturated carbocycles. The molecule has 4 rings (SSSR count). The van der Waals surface area contributed by atoms with Gasteiger partial charge in [-0.3, -0.25) is 9.59 Å². The van der Waals surface area contributed by atoms with Gasteiger partial charge in [-0.25, -0.2) is 13.8 Å². The summed E-state index contributed by atoms with van der Waals surface area (Å²) in [6.07, 6.45) is 3.62. The molecule has 0 fully saturated rings. The maximum Gasteiger partial charge on any atom is 0.268 e. The summed E-state index contributed by atoms with van der Waals surface area (Å²) < 4.78 is 28.1. The molecule has 0 saturated heterocycles. The molecule has 1 aromatic carbocycles. The van der Waals surface area contributed by atoms with E-state index in [0.717, 1.165) is 59.6 Å². The summed E-state index contributed by atoms with van der Waals surface area (Å²) in [6.45, 7) is 1.60. The maximum absolute atomic E-state index is 14.1. The fourth-order valence-corrected chi connectivity index (χ4v) is 5.79. The number of fused-ring (bicyclic) bond motifs is 1. The lowest BCUT2D eigenvalue weighted by Gasteiger charge is -2.11. The number of nitrogens with one attached hydrogen (secondary N) is 1. The molecule has 1 aliphatic carbocycles. The third kappa shape index (κ3) is 3.56. The van der Waals surface area contributed by atoms with Crippen LogP contribution in [-0.4, -0.2) is 16.8 Å². The highest BCUT2D eigenvalue weighted by atomic mass is 32.1. The first-order chi connectivity index (χ1) is 13.9. The first-order valence-electron chi connectivity index (χ1n) is 9.04. The zero-order valence-corrected chi connectivity index (χ0v) is 17.1. The fourth-order valence-electron chi connectivity index (χ4n) is 3.49. The molecule has 2 aromatic heterocycles. The van der Waals surface area contributed by atoms with Crippen molar-refractivity contribution < 1.29 is 18.4 Å². The molecular formula is C20H17F2N3O2S2. The summed E-state index contributed by atoms with van der Waals surface area (Å²) in [6, 6.07) is 3.56. The minimum atomic E-state index is -0.743. The Morgan fingerprint density at radius 3 is 2.52 bits per heavy atom. The molecule has 3 N–H and O–H groups in total. The lowest BCUT2D eigenvalue weighted by molar-refractivity contribution is 0.100. The van der Waals surface area contributed by atoms with Crippen molar-refractivity contribution in [2.75, 3.05) is 5.32 Å². The topological polar surface area (TPSA) is 85.1 Å². The molecule has 1 aliphatic rings. The number of carbonyl (C=O) groups excluding carboxylic acids is 2. The first-order valence-corrected chi connectivity index (χ1v) is 10.7. The van der Waals surface area contributed by atoms with E-state index in [0.29, 0.717) is 16.3 Å². The number of primary amides is 1. The molecule has 0 bridgehead atoms. The Morgan fingerprint density at radius 1 is 1.14 bits per heavy atom. The highest BCUT2D eigenvalue weighted by Gasteiger charge is 2.27. The van der Waals surface area contributed by atoms with Crippen LogP contribution in [0.5, 0.6) is 0 Å². The van der Waals surface area contributed by atoms with Gasteiger partial charge in [-0.15, -0.1) is 22.7 Å². The Labute approximate surface area is 173 Å². The molecule has 5 nitrogen and oxygen atoms in total. The van der Waals surface area contributed by atoms with Crippen LogP contribution in [0, 0.1) is 18.6 Å². The van der Waals surface area contributed by atoms with Crippen LogP contribution in [0.1, 0.15) is 49.0 Å². The number of hydrogen-bond acceptors (Lipinski definition) is 5. The highest BCUT2D eigenvalue weighted by molar-refractivity contribution is 7.18. The van der Waals surface area contributed by atoms with Crippen LogP contribution >= 0.6 is 22.7 Å². The van der Waals surface area contributed by atoms with Gasteiger partial charge in [0, 0.05) is 4.88 Å². The van der Waals surface area contributed by atoms with Crippen LogP contribution in [0.2, 0.25) is 0 Å². The second-order valence-electron chi connectivity index (χ2n) is 6.76. The van der Waals surface area contributed by atoms with Gasteiger partial charge in [-0.05, 0) is 50.3 Å². The van der Waals surface area contributed by atoms with E-state index in [2.05, 4.69) is 10.3 Å². The molecule has 0 radical (unpaired) electrons. The number of aromatic nitrogens is 1. The number of benzene rings is 1. The van der Waals surface area contributed by atoms with Crippen LogP contribution in [0.15, 0.2) is 18.2 Å². The number of rotatable bonds is 4. The Bertz CT molecular complexity index is 1120. The molecule has 0 unspecified atom stereocenters. The third-order valence-electron chi connectivity index (χ3n) is 4.82. The lowest BCUT2D eigenvalue weighted by atomic mass is 9.95. The second-order valence-corrected chi connectivity index (χ2v) is 8.87. The summed E-state index contributed by atoms with van der Waals surface area (Å²) in [7, 11) is 0. The van der Waals surface area contributed by atoms with Gasteiger partial charge in [0.25, 0.3) is 11.8 Å². The summed E-state index contributed by atoms with van der Waals surface area (Å²) >= 11 is 2.26. The van der Waals surface area contributed by atoms with E-state index >= 15 is 0 Å². The average molecular weight is 434 g/mol. The van der Waals surface area contributed by atoms with Gasteiger partial charge in [0.2, 0.25) is 0 Å². The molecule has 150 valence electrons. The van der Waals surface area contributed by atoms with E-state index in [9.17, 15) is 18.4 Å². The molecule has 3 aromatic rings. The van der Waals surface area contributed by atoms with Gasteiger partial charge in [0.15, 0.2) is 0 Å². The van der Waals surface area contributed by atoms with Crippen LogP contribution in [-0.2, 0) is 12.8 Å². The minimum absolute atomic E-state index is 0.0869. The van der Waals surface area contributed by atoms with E-state index in [1.165, 1.54) is 17.4 Å². The van der Waals surface area contributed by atoms with Gasteiger partial charge in [-0.1, -0.05) is 6.07 Å². The Kier molecular flexibility index (Phi) is 5.18. The molecule has 2 amide bonds. The van der Waals surface area contributed by atoms with Crippen LogP contribution in [0.4, 0.5) is 13.8 Å². The number of nitrogens with zero attached hydrogens (tertiary/aromatic N) is 1. The Balaban J connectivity index is 1.68. The fraction of sp³-hybridized carbons (Fsp3) is 0.250. The van der Waals surface area contributed by atoms with Crippen molar-refractivity contribution in [3.8, 4) is 10.6 Å². The number of thiazole rings is 1. The van der Waals surface area contributed by atoms with Gasteiger partial charge in [-0.2, -0.15) is 0 Å². The van der Waals surface area contributed by atoms with Crippen molar-refractivity contribution in [1.82, 2.24) is 4.98 Å². The molecule has 9 heteroatoms. The number of carbonyl (C=O) groups is 2. The quantitative estimate of drug-likeness (QED) is 0.626. The zero-order chi connectivity index (χ0) is 20.7. The van der Waals surface area contributed by atoms with Gasteiger partial charge in [0.1, 0.15) is 26.5 Å². The standard InChI is InChI=1S/C20H17F2N3O2S2/c1-9-16(29-20(24-9)15-11(21)6-4-7-12(15)22)18(27)25-19-14(17(23)26)10-5-2-3-8-13(10)28-19/h4,6-7H,2-3,5,8H2,1H3,(H2,23,26)(H,25,27). The molecule has 0 aliphatic heterocycles. The summed E-state index contributed by atoms with van der Waals surface area (Å²) in [5.41, 5.74) is 6.94. The number of nitrogens with two attached hydrogens (primary N) is 1. The zero-order valence-electron chi connectivity index (χ0n) is 15.5. The third-order valence-corrected chi connectivity index (χ3v) is 7.21. The van der Waals surface area contributed by atoms with Crippen LogP contribution in [0.3, 0.4) is 0 Å². The first kappa shape index (κ1) is 19.7. The maximum atomic E-state index is 14.1. The summed E-state index contributed by atoms with van der Waals surface area (Å²) in [4.78, 5) is 30.3. The van der Waals surface area contributed by atoms with Gasteiger partial charge < -0.3 is 11.1 Å². The average Bonchev–Trinajstić information content (AvgIpc) is 3.21. The number of aryl methyl sites for hydroxylation is 2. The number of hydrogen-bond donors (Lipinski definition) is 2. The van der Waals surface area contributed by atoms with E-state index in [-0.39, 0.29) is 15.4 Å².